The van der Waals surface area contributed by atoms with Crippen LogP contribution in [0.1, 0.15) is 44.2 Å². The van der Waals surface area contributed by atoms with Crippen LogP contribution in [0.2, 0.25) is 0 Å². The number of benzene rings is 1. The van der Waals surface area contributed by atoms with Gasteiger partial charge >= 0.3 is 0 Å². The van der Waals surface area contributed by atoms with Gasteiger partial charge in [-0.1, -0.05) is 43.7 Å². The molecular weight excluding hydrogens is 210 g/mol. The molecule has 1 aliphatic heterocycles. The van der Waals surface area contributed by atoms with Crippen molar-refractivity contribution >= 4 is 5.78 Å². The first-order chi connectivity index (χ1) is 8.31. The van der Waals surface area contributed by atoms with E-state index in [9.17, 15) is 4.79 Å². The summed E-state index contributed by atoms with van der Waals surface area (Å²) < 4.78 is 0. The smallest absolute Gasteiger partial charge is 0.135 e. The van der Waals surface area contributed by atoms with Gasteiger partial charge in [-0.25, -0.2) is 0 Å². The molecule has 1 aliphatic rings. The molecule has 0 saturated carbocycles. The molecule has 0 amide bonds. The molecule has 1 saturated heterocycles. The fraction of sp³-hybridized carbons (Fsp3) is 0.533. The van der Waals surface area contributed by atoms with Crippen molar-refractivity contribution in [3.63, 3.8) is 0 Å². The molecule has 1 atom stereocenters. The standard InChI is InChI=1S/C15H21NO/c1-2-6-15(13-7-4-3-5-8-13)16-11-9-14(17)10-12-16/h3-5,7-8,15H,2,6,9-12H2,1H3. The number of Topliss-reactive ketones (excluding diaryl/α,β-unsaturated/α-hetero) is 1. The van der Waals surface area contributed by atoms with Crippen molar-refractivity contribution < 1.29 is 4.79 Å². The highest BCUT2D eigenvalue weighted by atomic mass is 16.1. The van der Waals surface area contributed by atoms with Crippen molar-refractivity contribution in [1.29, 1.82) is 0 Å². The lowest BCUT2D eigenvalue weighted by atomic mass is 9.98. The monoisotopic (exact) mass is 231 g/mol. The molecule has 1 aromatic rings. The summed E-state index contributed by atoms with van der Waals surface area (Å²) in [5, 5.41) is 0. The third-order valence-electron chi connectivity index (χ3n) is 3.54. The van der Waals surface area contributed by atoms with Crippen molar-refractivity contribution in [3.8, 4) is 0 Å². The Hall–Kier alpha value is -1.15. The third-order valence-corrected chi connectivity index (χ3v) is 3.54. The molecular formula is C15H21NO. The molecule has 0 N–H and O–H groups in total. The van der Waals surface area contributed by atoms with Crippen LogP contribution < -0.4 is 0 Å². The topological polar surface area (TPSA) is 20.3 Å². The van der Waals surface area contributed by atoms with Crippen LogP contribution in [0, 0.1) is 0 Å². The van der Waals surface area contributed by atoms with Gasteiger partial charge in [-0.15, -0.1) is 0 Å². The number of nitrogens with zero attached hydrogens (tertiary/aromatic N) is 1. The molecule has 17 heavy (non-hydrogen) atoms. The van der Waals surface area contributed by atoms with Crippen LogP contribution in [0.25, 0.3) is 0 Å². The number of hydrogen-bond donors (Lipinski definition) is 0. The van der Waals surface area contributed by atoms with Gasteiger partial charge in [0.05, 0.1) is 0 Å². The van der Waals surface area contributed by atoms with Crippen LogP contribution in [0.3, 0.4) is 0 Å². The first kappa shape index (κ1) is 12.3. The van der Waals surface area contributed by atoms with Crippen LogP contribution in [0.4, 0.5) is 0 Å². The zero-order chi connectivity index (χ0) is 12.1. The Labute approximate surface area is 104 Å². The third kappa shape index (κ3) is 3.16. The van der Waals surface area contributed by atoms with E-state index in [1.165, 1.54) is 18.4 Å². The van der Waals surface area contributed by atoms with Crippen molar-refractivity contribution in [2.24, 2.45) is 0 Å². The molecule has 92 valence electrons. The number of carbonyl (C=O) groups excluding carboxylic acids is 1. The molecule has 1 aromatic carbocycles. The Kier molecular flexibility index (Phi) is 4.32. The Morgan fingerprint density at radius 3 is 2.41 bits per heavy atom. The van der Waals surface area contributed by atoms with E-state index < -0.39 is 0 Å². The fourth-order valence-electron chi connectivity index (χ4n) is 2.59. The second kappa shape index (κ2) is 5.97. The molecule has 1 unspecified atom stereocenters. The largest absolute Gasteiger partial charge is 0.300 e. The van der Waals surface area contributed by atoms with E-state index >= 15 is 0 Å². The summed E-state index contributed by atoms with van der Waals surface area (Å²) in [6.45, 7) is 4.09. The summed E-state index contributed by atoms with van der Waals surface area (Å²) in [6.07, 6.45) is 3.82. The number of hydrogen-bond acceptors (Lipinski definition) is 2. The maximum Gasteiger partial charge on any atom is 0.135 e. The second-order valence-corrected chi connectivity index (χ2v) is 4.79. The molecule has 1 fully saturated rings. The minimum absolute atomic E-state index is 0.421. The molecule has 0 radical (unpaired) electrons. The average Bonchev–Trinajstić information content (AvgIpc) is 2.38. The van der Waals surface area contributed by atoms with Gasteiger partial charge in [0.25, 0.3) is 0 Å². The Balaban J connectivity index is 2.09. The predicted molar refractivity (Wildman–Crippen MR) is 69.9 cm³/mol. The van der Waals surface area contributed by atoms with Gasteiger partial charge in [0.1, 0.15) is 5.78 Å². The molecule has 0 aromatic heterocycles. The normalized spacial score (nSPS) is 19.2. The first-order valence-electron chi connectivity index (χ1n) is 6.62. The zero-order valence-electron chi connectivity index (χ0n) is 10.6. The van der Waals surface area contributed by atoms with Crippen LogP contribution in [-0.2, 0) is 4.79 Å². The van der Waals surface area contributed by atoms with Crippen LogP contribution in [0.15, 0.2) is 30.3 Å². The highest BCUT2D eigenvalue weighted by Crippen LogP contribution is 2.27. The van der Waals surface area contributed by atoms with Gasteiger partial charge in [0.2, 0.25) is 0 Å². The van der Waals surface area contributed by atoms with Gasteiger partial charge in [-0.3, -0.25) is 9.69 Å². The molecule has 0 bridgehead atoms. The van der Waals surface area contributed by atoms with E-state index in [2.05, 4.69) is 42.2 Å². The number of likely N-dealkylation sites (tertiary alicyclic amines) is 1. The van der Waals surface area contributed by atoms with Gasteiger partial charge < -0.3 is 0 Å². The second-order valence-electron chi connectivity index (χ2n) is 4.79. The fourth-order valence-corrected chi connectivity index (χ4v) is 2.59. The molecule has 2 heteroatoms. The van der Waals surface area contributed by atoms with Gasteiger partial charge in [-0.2, -0.15) is 0 Å². The van der Waals surface area contributed by atoms with Crippen LogP contribution in [0.5, 0.6) is 0 Å². The number of piperidine rings is 1. The SMILES string of the molecule is CCCC(c1ccccc1)N1CCC(=O)CC1. The van der Waals surface area contributed by atoms with E-state index in [0.717, 1.165) is 25.9 Å². The Bertz CT molecular complexity index is 350. The van der Waals surface area contributed by atoms with E-state index in [0.29, 0.717) is 11.8 Å². The van der Waals surface area contributed by atoms with E-state index in [4.69, 9.17) is 0 Å². The van der Waals surface area contributed by atoms with Gasteiger partial charge in [-0.05, 0) is 12.0 Å². The van der Waals surface area contributed by atoms with Crippen molar-refractivity contribution in [1.82, 2.24) is 4.90 Å². The lowest BCUT2D eigenvalue weighted by Gasteiger charge is -2.34. The average molecular weight is 231 g/mol. The molecule has 2 rings (SSSR count). The van der Waals surface area contributed by atoms with Crippen molar-refractivity contribution in [3.05, 3.63) is 35.9 Å². The summed E-state index contributed by atoms with van der Waals surface area (Å²) in [5.74, 6) is 0.421. The van der Waals surface area contributed by atoms with E-state index in [1.807, 2.05) is 0 Å². The maximum absolute atomic E-state index is 11.3. The lowest BCUT2D eigenvalue weighted by Crippen LogP contribution is -2.36. The highest BCUT2D eigenvalue weighted by Gasteiger charge is 2.23. The molecule has 0 aliphatic carbocycles. The summed E-state index contributed by atoms with van der Waals surface area (Å²) in [5.41, 5.74) is 1.39. The summed E-state index contributed by atoms with van der Waals surface area (Å²) in [4.78, 5) is 13.8. The minimum Gasteiger partial charge on any atom is -0.300 e. The van der Waals surface area contributed by atoms with Gasteiger partial charge in [0, 0.05) is 32.0 Å². The summed E-state index contributed by atoms with van der Waals surface area (Å²) in [7, 11) is 0. The number of carbonyl (C=O) groups is 1. The minimum atomic E-state index is 0.421. The van der Waals surface area contributed by atoms with Gasteiger partial charge in [0.15, 0.2) is 0 Å². The maximum atomic E-state index is 11.3. The Morgan fingerprint density at radius 1 is 1.18 bits per heavy atom. The van der Waals surface area contributed by atoms with E-state index in [-0.39, 0.29) is 0 Å². The van der Waals surface area contributed by atoms with Crippen LogP contribution >= 0.6 is 0 Å². The number of ketones is 1. The van der Waals surface area contributed by atoms with Crippen molar-refractivity contribution in [2.45, 2.75) is 38.6 Å². The molecule has 1 heterocycles. The Morgan fingerprint density at radius 2 is 1.82 bits per heavy atom. The molecule has 2 nitrogen and oxygen atoms in total. The number of rotatable bonds is 4. The van der Waals surface area contributed by atoms with Crippen molar-refractivity contribution in [2.75, 3.05) is 13.1 Å². The highest BCUT2D eigenvalue weighted by molar-refractivity contribution is 5.79. The molecule has 0 spiro atoms. The first-order valence-corrected chi connectivity index (χ1v) is 6.62. The van der Waals surface area contributed by atoms with E-state index in [1.54, 1.807) is 0 Å². The quantitative estimate of drug-likeness (QED) is 0.793. The zero-order valence-corrected chi connectivity index (χ0v) is 10.6. The summed E-state index contributed by atoms with van der Waals surface area (Å²) in [6, 6.07) is 11.2. The predicted octanol–water partition coefficient (Wildman–Crippen LogP) is 3.19. The van der Waals surface area contributed by atoms with Crippen LogP contribution in [-0.4, -0.2) is 23.8 Å². The summed E-state index contributed by atoms with van der Waals surface area (Å²) >= 11 is 0. The lowest BCUT2D eigenvalue weighted by molar-refractivity contribution is -0.122.